The van der Waals surface area contributed by atoms with Crippen LogP contribution in [0.3, 0.4) is 0 Å². The van der Waals surface area contributed by atoms with E-state index in [-0.39, 0.29) is 0 Å². The van der Waals surface area contributed by atoms with Crippen LogP contribution in [0.1, 0.15) is 26.0 Å². The van der Waals surface area contributed by atoms with E-state index in [0.29, 0.717) is 12.6 Å². The third-order valence-corrected chi connectivity index (χ3v) is 4.21. The Labute approximate surface area is 125 Å². The first-order valence-electron chi connectivity index (χ1n) is 7.07. The van der Waals surface area contributed by atoms with Gasteiger partial charge in [-0.15, -0.1) is 11.3 Å². The second-order valence-electron chi connectivity index (χ2n) is 4.93. The first-order chi connectivity index (χ1) is 9.69. The zero-order valence-corrected chi connectivity index (χ0v) is 13.2. The fourth-order valence-corrected chi connectivity index (χ4v) is 2.60. The molecule has 0 bridgehead atoms. The number of nitrogens with zero attached hydrogens (tertiary/aromatic N) is 1. The molecule has 1 heterocycles. The monoisotopic (exact) mass is 290 g/mol. The highest BCUT2D eigenvalue weighted by Crippen LogP contribution is 2.25. The topological polar surface area (TPSA) is 34.1 Å². The maximum atomic E-state index is 5.72. The minimum absolute atomic E-state index is 0.550. The van der Waals surface area contributed by atoms with Crippen molar-refractivity contribution in [3.05, 3.63) is 35.3 Å². The van der Waals surface area contributed by atoms with Crippen LogP contribution in [-0.2, 0) is 0 Å². The van der Waals surface area contributed by atoms with Gasteiger partial charge in [0.25, 0.3) is 0 Å². The van der Waals surface area contributed by atoms with Gasteiger partial charge in [0.1, 0.15) is 17.4 Å². The summed E-state index contributed by atoms with van der Waals surface area (Å²) in [5, 5.41) is 6.54. The van der Waals surface area contributed by atoms with Crippen molar-refractivity contribution in [2.45, 2.75) is 33.2 Å². The maximum Gasteiger partial charge on any atom is 0.123 e. The molecule has 0 aliphatic heterocycles. The molecule has 0 radical (unpaired) electrons. The zero-order valence-electron chi connectivity index (χ0n) is 12.3. The van der Waals surface area contributed by atoms with Crippen molar-refractivity contribution in [3.63, 3.8) is 0 Å². The molecule has 1 atom stereocenters. The summed E-state index contributed by atoms with van der Waals surface area (Å²) in [5.41, 5.74) is 2.22. The highest BCUT2D eigenvalue weighted by Gasteiger charge is 2.03. The molecular weight excluding hydrogens is 268 g/mol. The standard InChI is InChI=1S/C16H22N2OS/c1-4-12(2)17-9-10-19-15-7-5-14(6-8-15)16-18-13(3)11-20-16/h5-8,11-12,17H,4,9-10H2,1-3H3. The van der Waals surface area contributed by atoms with Crippen molar-refractivity contribution in [1.82, 2.24) is 10.3 Å². The summed E-state index contributed by atoms with van der Waals surface area (Å²) in [7, 11) is 0. The van der Waals surface area contributed by atoms with Gasteiger partial charge >= 0.3 is 0 Å². The van der Waals surface area contributed by atoms with Gasteiger partial charge in [-0.3, -0.25) is 0 Å². The van der Waals surface area contributed by atoms with Crippen LogP contribution in [0.15, 0.2) is 29.6 Å². The first kappa shape index (κ1) is 15.0. The average Bonchev–Trinajstić information content (AvgIpc) is 2.90. The van der Waals surface area contributed by atoms with Crippen LogP contribution in [-0.4, -0.2) is 24.2 Å². The molecule has 1 aromatic heterocycles. The SMILES string of the molecule is CCC(C)NCCOc1ccc(-c2nc(C)cs2)cc1. The van der Waals surface area contributed by atoms with Gasteiger partial charge in [-0.05, 0) is 44.5 Å². The van der Waals surface area contributed by atoms with E-state index in [9.17, 15) is 0 Å². The third-order valence-electron chi connectivity index (χ3n) is 3.20. The summed E-state index contributed by atoms with van der Waals surface area (Å²) >= 11 is 1.67. The van der Waals surface area contributed by atoms with Gasteiger partial charge in [-0.2, -0.15) is 0 Å². The first-order valence-corrected chi connectivity index (χ1v) is 7.95. The Balaban J connectivity index is 1.83. The molecule has 0 aliphatic rings. The summed E-state index contributed by atoms with van der Waals surface area (Å²) in [6.45, 7) is 7.95. The van der Waals surface area contributed by atoms with Gasteiger partial charge in [-0.1, -0.05) is 6.92 Å². The fraction of sp³-hybridized carbons (Fsp3) is 0.438. The molecular formula is C16H22N2OS. The Bertz CT molecular complexity index is 522. The number of aryl methyl sites for hydroxylation is 1. The highest BCUT2D eigenvalue weighted by molar-refractivity contribution is 7.13. The summed E-state index contributed by atoms with van der Waals surface area (Å²) in [6.07, 6.45) is 1.14. The molecule has 1 N–H and O–H groups in total. The number of ether oxygens (including phenoxy) is 1. The number of rotatable bonds is 7. The summed E-state index contributed by atoms with van der Waals surface area (Å²) in [6, 6.07) is 8.70. The van der Waals surface area contributed by atoms with Crippen LogP contribution in [0.5, 0.6) is 5.75 Å². The Morgan fingerprint density at radius 1 is 1.30 bits per heavy atom. The average molecular weight is 290 g/mol. The highest BCUT2D eigenvalue weighted by atomic mass is 32.1. The van der Waals surface area contributed by atoms with E-state index in [1.807, 2.05) is 19.1 Å². The van der Waals surface area contributed by atoms with Crippen LogP contribution in [0.2, 0.25) is 0 Å². The van der Waals surface area contributed by atoms with Crippen molar-refractivity contribution >= 4 is 11.3 Å². The van der Waals surface area contributed by atoms with E-state index in [1.54, 1.807) is 11.3 Å². The van der Waals surface area contributed by atoms with Crippen LogP contribution in [0.25, 0.3) is 10.6 Å². The maximum absolute atomic E-state index is 5.72. The molecule has 1 unspecified atom stereocenters. The van der Waals surface area contributed by atoms with Crippen LogP contribution in [0, 0.1) is 6.92 Å². The van der Waals surface area contributed by atoms with E-state index < -0.39 is 0 Å². The quantitative estimate of drug-likeness (QED) is 0.786. The largest absolute Gasteiger partial charge is 0.492 e. The number of aromatic nitrogens is 1. The molecule has 4 heteroatoms. The third kappa shape index (κ3) is 4.32. The van der Waals surface area contributed by atoms with E-state index in [4.69, 9.17) is 4.74 Å². The van der Waals surface area contributed by atoms with Gasteiger partial charge in [0.15, 0.2) is 0 Å². The van der Waals surface area contributed by atoms with Gasteiger partial charge in [0.05, 0.1) is 0 Å². The molecule has 0 fully saturated rings. The lowest BCUT2D eigenvalue weighted by Gasteiger charge is -2.12. The van der Waals surface area contributed by atoms with Gasteiger partial charge in [0, 0.05) is 29.2 Å². The number of nitrogens with one attached hydrogen (secondary N) is 1. The molecule has 0 spiro atoms. The zero-order chi connectivity index (χ0) is 14.4. The van der Waals surface area contributed by atoms with Gasteiger partial charge < -0.3 is 10.1 Å². The van der Waals surface area contributed by atoms with Gasteiger partial charge in [-0.25, -0.2) is 4.98 Å². The molecule has 0 saturated carbocycles. The molecule has 0 amide bonds. The lowest BCUT2D eigenvalue weighted by atomic mass is 10.2. The number of benzene rings is 1. The number of thiazole rings is 1. The Morgan fingerprint density at radius 2 is 2.05 bits per heavy atom. The lowest BCUT2D eigenvalue weighted by molar-refractivity contribution is 0.306. The smallest absolute Gasteiger partial charge is 0.123 e. The van der Waals surface area contributed by atoms with Crippen LogP contribution >= 0.6 is 11.3 Å². The Hall–Kier alpha value is -1.39. The molecule has 20 heavy (non-hydrogen) atoms. The Morgan fingerprint density at radius 3 is 2.65 bits per heavy atom. The molecule has 108 valence electrons. The van der Waals surface area contributed by atoms with E-state index in [0.717, 1.165) is 35.0 Å². The van der Waals surface area contributed by atoms with E-state index in [2.05, 4.69) is 41.7 Å². The van der Waals surface area contributed by atoms with Crippen molar-refractivity contribution in [2.24, 2.45) is 0 Å². The number of hydrogen-bond acceptors (Lipinski definition) is 4. The molecule has 1 aromatic carbocycles. The number of hydrogen-bond donors (Lipinski definition) is 1. The van der Waals surface area contributed by atoms with E-state index in [1.165, 1.54) is 0 Å². The predicted octanol–water partition coefficient (Wildman–Crippen LogP) is 3.89. The van der Waals surface area contributed by atoms with Crippen LogP contribution < -0.4 is 10.1 Å². The van der Waals surface area contributed by atoms with Crippen molar-refractivity contribution in [1.29, 1.82) is 0 Å². The van der Waals surface area contributed by atoms with Crippen molar-refractivity contribution in [2.75, 3.05) is 13.2 Å². The Kier molecular flexibility index (Phi) is 5.56. The summed E-state index contributed by atoms with van der Waals surface area (Å²) in [5.74, 6) is 0.910. The van der Waals surface area contributed by atoms with Crippen LogP contribution in [0.4, 0.5) is 0 Å². The molecule has 3 nitrogen and oxygen atoms in total. The van der Waals surface area contributed by atoms with Crippen molar-refractivity contribution < 1.29 is 4.74 Å². The van der Waals surface area contributed by atoms with E-state index >= 15 is 0 Å². The summed E-state index contributed by atoms with van der Waals surface area (Å²) < 4.78 is 5.72. The molecule has 0 saturated heterocycles. The van der Waals surface area contributed by atoms with Gasteiger partial charge in [0.2, 0.25) is 0 Å². The summed E-state index contributed by atoms with van der Waals surface area (Å²) in [4.78, 5) is 4.48. The molecule has 2 aromatic rings. The lowest BCUT2D eigenvalue weighted by Crippen LogP contribution is -2.29. The fourth-order valence-electron chi connectivity index (χ4n) is 1.80. The second-order valence-corrected chi connectivity index (χ2v) is 5.79. The molecule has 2 rings (SSSR count). The molecule has 0 aliphatic carbocycles. The predicted molar refractivity (Wildman–Crippen MR) is 85.5 cm³/mol. The minimum Gasteiger partial charge on any atom is -0.492 e. The van der Waals surface area contributed by atoms with Crippen molar-refractivity contribution in [3.8, 4) is 16.3 Å². The second kappa shape index (κ2) is 7.41. The normalized spacial score (nSPS) is 12.3. The minimum atomic E-state index is 0.550.